The Hall–Kier alpha value is -2.56. The average molecular weight is 412 g/mol. The van der Waals surface area contributed by atoms with Gasteiger partial charge < -0.3 is 14.8 Å². The van der Waals surface area contributed by atoms with Gasteiger partial charge in [0.2, 0.25) is 0 Å². The molecule has 3 aromatic carbocycles. The summed E-state index contributed by atoms with van der Waals surface area (Å²) in [6, 6.07) is 21.9. The van der Waals surface area contributed by atoms with E-state index in [1.54, 1.807) is 13.2 Å². The molecule has 5 heteroatoms. The van der Waals surface area contributed by atoms with Crippen LogP contribution in [0.3, 0.4) is 0 Å². The lowest BCUT2D eigenvalue weighted by Gasteiger charge is -2.15. The second-order valence-corrected chi connectivity index (χ2v) is 7.25. The Balaban J connectivity index is 1.71. The van der Waals surface area contributed by atoms with Crippen molar-refractivity contribution < 1.29 is 9.47 Å². The highest BCUT2D eigenvalue weighted by atomic mass is 35.5. The fraction of sp³-hybridized carbons (Fsp3) is 0.174. The van der Waals surface area contributed by atoms with Gasteiger partial charge in [0.25, 0.3) is 0 Å². The predicted octanol–water partition coefficient (Wildman–Crippen LogP) is 5.70. The number of halogens is 1. The third kappa shape index (κ3) is 5.24. The van der Waals surface area contributed by atoms with E-state index in [4.69, 9.17) is 33.3 Å². The van der Waals surface area contributed by atoms with Crippen LogP contribution in [0.5, 0.6) is 11.5 Å². The largest absolute Gasteiger partial charge is 0.493 e. The topological polar surface area (TPSA) is 30.5 Å². The highest BCUT2D eigenvalue weighted by Crippen LogP contribution is 2.37. The fourth-order valence-electron chi connectivity index (χ4n) is 2.83. The van der Waals surface area contributed by atoms with Crippen LogP contribution in [0.1, 0.15) is 22.3 Å². The van der Waals surface area contributed by atoms with E-state index < -0.39 is 0 Å². The van der Waals surface area contributed by atoms with Gasteiger partial charge in [-0.2, -0.15) is 0 Å². The number of benzene rings is 3. The molecule has 0 heterocycles. The summed E-state index contributed by atoms with van der Waals surface area (Å²) in [5, 5.41) is 3.74. The highest BCUT2D eigenvalue weighted by Gasteiger charge is 2.14. The monoisotopic (exact) mass is 411 g/mol. The SMILES string of the molecule is COc1cc(C(=S)NCc2cccc(C)c2)cc(Cl)c1OCc1ccccc1. The Labute approximate surface area is 176 Å². The molecule has 0 unspecified atom stereocenters. The lowest BCUT2D eigenvalue weighted by molar-refractivity contribution is 0.284. The van der Waals surface area contributed by atoms with Gasteiger partial charge in [0.05, 0.1) is 12.1 Å². The zero-order valence-corrected chi connectivity index (χ0v) is 17.4. The number of rotatable bonds is 7. The number of aryl methyl sites for hydroxylation is 1. The van der Waals surface area contributed by atoms with Crippen LogP contribution in [0.2, 0.25) is 5.02 Å². The van der Waals surface area contributed by atoms with E-state index in [1.807, 2.05) is 42.5 Å². The summed E-state index contributed by atoms with van der Waals surface area (Å²) in [6.45, 7) is 3.12. The van der Waals surface area contributed by atoms with Gasteiger partial charge in [0, 0.05) is 12.1 Å². The van der Waals surface area contributed by atoms with E-state index in [2.05, 4.69) is 30.4 Å². The molecule has 1 N–H and O–H groups in total. The summed E-state index contributed by atoms with van der Waals surface area (Å²) in [6.07, 6.45) is 0. The van der Waals surface area contributed by atoms with Crippen molar-refractivity contribution in [1.82, 2.24) is 5.32 Å². The second kappa shape index (κ2) is 9.58. The lowest BCUT2D eigenvalue weighted by Crippen LogP contribution is -2.21. The number of hydrogen-bond donors (Lipinski definition) is 1. The molecular weight excluding hydrogens is 390 g/mol. The van der Waals surface area contributed by atoms with Gasteiger partial charge in [-0.1, -0.05) is 84.0 Å². The van der Waals surface area contributed by atoms with Gasteiger partial charge in [0.15, 0.2) is 11.5 Å². The van der Waals surface area contributed by atoms with Crippen LogP contribution in [-0.4, -0.2) is 12.1 Å². The molecule has 3 aromatic rings. The average Bonchev–Trinajstić information content (AvgIpc) is 2.71. The predicted molar refractivity (Wildman–Crippen MR) is 118 cm³/mol. The van der Waals surface area contributed by atoms with Gasteiger partial charge >= 0.3 is 0 Å². The molecular formula is C23H22ClNO2S. The Morgan fingerprint density at radius 1 is 1.00 bits per heavy atom. The van der Waals surface area contributed by atoms with E-state index in [9.17, 15) is 0 Å². The summed E-state index contributed by atoms with van der Waals surface area (Å²) >= 11 is 12.0. The highest BCUT2D eigenvalue weighted by molar-refractivity contribution is 7.80. The fourth-order valence-corrected chi connectivity index (χ4v) is 3.28. The molecule has 0 aliphatic carbocycles. The molecule has 0 radical (unpaired) electrons. The van der Waals surface area contributed by atoms with Crippen molar-refractivity contribution in [3.63, 3.8) is 0 Å². The van der Waals surface area contributed by atoms with Gasteiger partial charge in [-0.05, 0) is 30.2 Å². The van der Waals surface area contributed by atoms with E-state index in [0.717, 1.165) is 11.1 Å². The van der Waals surface area contributed by atoms with E-state index in [1.165, 1.54) is 11.1 Å². The third-order valence-electron chi connectivity index (χ3n) is 4.25. The van der Waals surface area contributed by atoms with Gasteiger partial charge in [0.1, 0.15) is 11.6 Å². The first-order chi connectivity index (χ1) is 13.6. The molecule has 0 saturated carbocycles. The Morgan fingerprint density at radius 3 is 2.46 bits per heavy atom. The number of methoxy groups -OCH3 is 1. The van der Waals surface area contributed by atoms with Crippen LogP contribution >= 0.6 is 23.8 Å². The summed E-state index contributed by atoms with van der Waals surface area (Å²) in [5.41, 5.74) is 4.23. The minimum atomic E-state index is 0.409. The van der Waals surface area contributed by atoms with Crippen molar-refractivity contribution in [3.8, 4) is 11.5 Å². The normalized spacial score (nSPS) is 10.4. The van der Waals surface area contributed by atoms with Crippen LogP contribution in [0.15, 0.2) is 66.7 Å². The number of thiocarbonyl (C=S) groups is 1. The quantitative estimate of drug-likeness (QED) is 0.505. The van der Waals surface area contributed by atoms with E-state index in [-0.39, 0.29) is 0 Å². The first kappa shape index (κ1) is 20.2. The minimum Gasteiger partial charge on any atom is -0.493 e. The molecule has 28 heavy (non-hydrogen) atoms. The van der Waals surface area contributed by atoms with E-state index in [0.29, 0.717) is 34.7 Å². The molecule has 0 fully saturated rings. The number of hydrogen-bond acceptors (Lipinski definition) is 3. The molecule has 0 aliphatic rings. The molecule has 0 amide bonds. The molecule has 0 bridgehead atoms. The van der Waals surface area contributed by atoms with Gasteiger partial charge in [-0.15, -0.1) is 0 Å². The van der Waals surface area contributed by atoms with Crippen molar-refractivity contribution in [2.45, 2.75) is 20.1 Å². The molecule has 3 nitrogen and oxygen atoms in total. The standard InChI is InChI=1S/C23H22ClNO2S/c1-16-7-6-10-18(11-16)14-25-23(28)19-12-20(24)22(21(13-19)26-2)27-15-17-8-4-3-5-9-17/h3-13H,14-15H2,1-2H3,(H,25,28). The molecule has 3 rings (SSSR count). The molecule has 0 spiro atoms. The van der Waals surface area contributed by atoms with Crippen molar-refractivity contribution in [2.75, 3.05) is 7.11 Å². The Bertz CT molecular complexity index is 960. The van der Waals surface area contributed by atoms with Crippen molar-refractivity contribution in [2.24, 2.45) is 0 Å². The summed E-state index contributed by atoms with van der Waals surface area (Å²) < 4.78 is 11.4. The summed E-state index contributed by atoms with van der Waals surface area (Å²) in [5.74, 6) is 1.07. The maximum atomic E-state index is 6.47. The molecule has 144 valence electrons. The first-order valence-corrected chi connectivity index (χ1v) is 9.73. The summed E-state index contributed by atoms with van der Waals surface area (Å²) in [4.78, 5) is 0.608. The smallest absolute Gasteiger partial charge is 0.180 e. The zero-order valence-electron chi connectivity index (χ0n) is 15.9. The Morgan fingerprint density at radius 2 is 1.75 bits per heavy atom. The van der Waals surface area contributed by atoms with Crippen LogP contribution < -0.4 is 14.8 Å². The molecule has 0 aromatic heterocycles. The summed E-state index contributed by atoms with van der Waals surface area (Å²) in [7, 11) is 1.59. The molecule has 0 atom stereocenters. The lowest BCUT2D eigenvalue weighted by atomic mass is 10.1. The van der Waals surface area contributed by atoms with Crippen LogP contribution in [0, 0.1) is 6.92 Å². The maximum absolute atomic E-state index is 6.47. The number of ether oxygens (including phenoxy) is 2. The first-order valence-electron chi connectivity index (χ1n) is 8.95. The van der Waals surface area contributed by atoms with Crippen molar-refractivity contribution in [1.29, 1.82) is 0 Å². The molecule has 0 aliphatic heterocycles. The van der Waals surface area contributed by atoms with Gasteiger partial charge in [-0.3, -0.25) is 0 Å². The van der Waals surface area contributed by atoms with Crippen molar-refractivity contribution in [3.05, 3.63) is 94.0 Å². The maximum Gasteiger partial charge on any atom is 0.180 e. The zero-order chi connectivity index (χ0) is 19.9. The van der Waals surface area contributed by atoms with Crippen molar-refractivity contribution >= 4 is 28.8 Å². The van der Waals surface area contributed by atoms with Crippen LogP contribution in [-0.2, 0) is 13.2 Å². The van der Waals surface area contributed by atoms with Gasteiger partial charge in [-0.25, -0.2) is 0 Å². The molecule has 0 saturated heterocycles. The van der Waals surface area contributed by atoms with Crippen LogP contribution in [0.4, 0.5) is 0 Å². The second-order valence-electron chi connectivity index (χ2n) is 6.44. The minimum absolute atomic E-state index is 0.409. The number of nitrogens with one attached hydrogen (secondary N) is 1. The van der Waals surface area contributed by atoms with E-state index >= 15 is 0 Å². The third-order valence-corrected chi connectivity index (χ3v) is 4.91. The Kier molecular flexibility index (Phi) is 6.90. The van der Waals surface area contributed by atoms with Crippen LogP contribution in [0.25, 0.3) is 0 Å².